The number of amides is 1. The lowest BCUT2D eigenvalue weighted by Gasteiger charge is -2.17. The predicted molar refractivity (Wildman–Crippen MR) is 133 cm³/mol. The number of nitrogens with zero attached hydrogens (tertiary/aromatic N) is 1. The summed E-state index contributed by atoms with van der Waals surface area (Å²) in [7, 11) is 0. The van der Waals surface area contributed by atoms with Crippen molar-refractivity contribution in [2.24, 2.45) is 0 Å². The summed E-state index contributed by atoms with van der Waals surface area (Å²) in [5.74, 6) is -0.603. The van der Waals surface area contributed by atoms with Gasteiger partial charge in [-0.3, -0.25) is 14.9 Å². The van der Waals surface area contributed by atoms with Crippen molar-refractivity contribution >= 4 is 28.9 Å². The quantitative estimate of drug-likeness (QED) is 0.196. The predicted octanol–water partition coefficient (Wildman–Crippen LogP) is 7.90. The van der Waals surface area contributed by atoms with Crippen LogP contribution in [0.1, 0.15) is 27.0 Å². The third-order valence-corrected chi connectivity index (χ3v) is 5.72. The Labute approximate surface area is 214 Å². The minimum atomic E-state index is -4.69. The molecule has 1 amide bonds. The zero-order valence-electron chi connectivity index (χ0n) is 19.0. The first-order chi connectivity index (χ1) is 17.6. The fourth-order valence-corrected chi connectivity index (χ4v) is 3.77. The van der Waals surface area contributed by atoms with Crippen LogP contribution < -0.4 is 10.1 Å². The minimum absolute atomic E-state index is 0.0524. The highest BCUT2D eigenvalue weighted by Crippen LogP contribution is 2.38. The lowest BCUT2D eigenvalue weighted by atomic mass is 10.0. The molecule has 1 N–H and O–H groups in total. The summed E-state index contributed by atoms with van der Waals surface area (Å²) in [6.07, 6.45) is -4.19. The van der Waals surface area contributed by atoms with Crippen LogP contribution in [0.2, 0.25) is 5.02 Å². The average Bonchev–Trinajstić information content (AvgIpc) is 2.86. The van der Waals surface area contributed by atoms with Gasteiger partial charge in [-0.25, -0.2) is 0 Å². The Balaban J connectivity index is 1.70. The number of rotatable bonds is 7. The van der Waals surface area contributed by atoms with E-state index in [2.05, 4.69) is 5.32 Å². The molecule has 0 aliphatic heterocycles. The van der Waals surface area contributed by atoms with Crippen LogP contribution in [0.15, 0.2) is 91.0 Å². The largest absolute Gasteiger partial charge is 0.455 e. The SMILES string of the molecule is O=C(Nc1cc(C(F)(F)F)ccc1Oc1ccccc1Cc1ccccc1)c1cc([N+](=O)[O-])ccc1Cl. The van der Waals surface area contributed by atoms with Gasteiger partial charge in [0.15, 0.2) is 5.75 Å². The number of halogens is 4. The number of anilines is 1. The monoisotopic (exact) mass is 526 g/mol. The molecule has 4 rings (SSSR count). The Morgan fingerprint density at radius 2 is 1.62 bits per heavy atom. The van der Waals surface area contributed by atoms with Gasteiger partial charge in [-0.2, -0.15) is 13.2 Å². The highest BCUT2D eigenvalue weighted by molar-refractivity contribution is 6.34. The van der Waals surface area contributed by atoms with Gasteiger partial charge in [0, 0.05) is 18.6 Å². The molecule has 0 bridgehead atoms. The summed E-state index contributed by atoms with van der Waals surface area (Å²) < 4.78 is 46.3. The molecule has 0 aliphatic carbocycles. The number of hydrogen-bond donors (Lipinski definition) is 1. The Kier molecular flexibility index (Phi) is 7.45. The van der Waals surface area contributed by atoms with E-state index in [4.69, 9.17) is 16.3 Å². The van der Waals surface area contributed by atoms with Crippen LogP contribution in [-0.4, -0.2) is 10.8 Å². The van der Waals surface area contributed by atoms with Crippen molar-refractivity contribution in [3.05, 3.63) is 128 Å². The van der Waals surface area contributed by atoms with E-state index >= 15 is 0 Å². The second-order valence-electron chi connectivity index (χ2n) is 7.96. The molecule has 6 nitrogen and oxygen atoms in total. The van der Waals surface area contributed by atoms with Gasteiger partial charge in [0.2, 0.25) is 0 Å². The van der Waals surface area contributed by atoms with Crippen LogP contribution in [-0.2, 0) is 12.6 Å². The molecule has 0 radical (unpaired) electrons. The van der Waals surface area contributed by atoms with E-state index in [1.807, 2.05) is 42.5 Å². The average molecular weight is 527 g/mol. The van der Waals surface area contributed by atoms with Gasteiger partial charge in [0.1, 0.15) is 5.75 Å². The van der Waals surface area contributed by atoms with Crippen molar-refractivity contribution in [3.8, 4) is 11.5 Å². The maximum absolute atomic E-state index is 13.4. The zero-order chi connectivity index (χ0) is 26.6. The molecule has 4 aromatic rings. The molecule has 0 unspecified atom stereocenters. The van der Waals surface area contributed by atoms with Crippen LogP contribution >= 0.6 is 11.6 Å². The smallest absolute Gasteiger partial charge is 0.416 e. The molecule has 0 saturated heterocycles. The standard InChI is InChI=1S/C27H18ClF3N2O4/c28-22-12-11-20(33(35)36)16-21(22)26(34)32-23-15-19(27(29,30)31)10-13-25(23)37-24-9-5-4-8-18(24)14-17-6-2-1-3-7-17/h1-13,15-16H,14H2,(H,32,34). The lowest BCUT2D eigenvalue weighted by Crippen LogP contribution is -2.15. The van der Waals surface area contributed by atoms with E-state index in [1.54, 1.807) is 12.1 Å². The van der Waals surface area contributed by atoms with E-state index in [-0.39, 0.29) is 22.0 Å². The van der Waals surface area contributed by atoms with Crippen molar-refractivity contribution < 1.29 is 27.6 Å². The summed E-state index contributed by atoms with van der Waals surface area (Å²) in [5, 5.41) is 13.4. The van der Waals surface area contributed by atoms with E-state index < -0.39 is 28.3 Å². The maximum Gasteiger partial charge on any atom is 0.416 e. The van der Waals surface area contributed by atoms with Gasteiger partial charge in [-0.15, -0.1) is 0 Å². The number of nitro benzene ring substituents is 1. The Morgan fingerprint density at radius 1 is 0.919 bits per heavy atom. The van der Waals surface area contributed by atoms with Gasteiger partial charge < -0.3 is 10.1 Å². The van der Waals surface area contributed by atoms with Gasteiger partial charge in [0.25, 0.3) is 11.6 Å². The maximum atomic E-state index is 13.4. The third-order valence-electron chi connectivity index (χ3n) is 5.39. The van der Waals surface area contributed by atoms with Crippen LogP contribution in [0.25, 0.3) is 0 Å². The molecule has 0 aliphatic rings. The van der Waals surface area contributed by atoms with Crippen molar-refractivity contribution in [1.29, 1.82) is 0 Å². The second-order valence-corrected chi connectivity index (χ2v) is 8.36. The molecule has 0 atom stereocenters. The third kappa shape index (κ3) is 6.25. The molecule has 0 heterocycles. The van der Waals surface area contributed by atoms with E-state index in [0.29, 0.717) is 12.2 Å². The number of para-hydroxylation sites is 1. The van der Waals surface area contributed by atoms with Crippen molar-refractivity contribution in [3.63, 3.8) is 0 Å². The Hall–Kier alpha value is -4.37. The topological polar surface area (TPSA) is 81.5 Å². The normalized spacial score (nSPS) is 11.1. The molecule has 0 spiro atoms. The molecule has 0 saturated carbocycles. The van der Waals surface area contributed by atoms with Crippen molar-refractivity contribution in [1.82, 2.24) is 0 Å². The summed E-state index contributed by atoms with van der Waals surface area (Å²) in [6.45, 7) is 0. The van der Waals surface area contributed by atoms with Gasteiger partial charge in [-0.1, -0.05) is 60.1 Å². The number of hydrogen-bond acceptors (Lipinski definition) is 4. The molecule has 10 heteroatoms. The summed E-state index contributed by atoms with van der Waals surface area (Å²) >= 11 is 6.04. The Bertz CT molecular complexity index is 1460. The van der Waals surface area contributed by atoms with Crippen molar-refractivity contribution in [2.75, 3.05) is 5.32 Å². The number of ether oxygens (including phenoxy) is 1. The van der Waals surface area contributed by atoms with Crippen LogP contribution in [0.5, 0.6) is 11.5 Å². The summed E-state index contributed by atoms with van der Waals surface area (Å²) in [4.78, 5) is 23.3. The second kappa shape index (κ2) is 10.7. The number of carbonyl (C=O) groups excluding carboxylic acids is 1. The van der Waals surface area contributed by atoms with Crippen molar-refractivity contribution in [2.45, 2.75) is 12.6 Å². The van der Waals surface area contributed by atoms with Gasteiger partial charge in [-0.05, 0) is 41.5 Å². The minimum Gasteiger partial charge on any atom is -0.455 e. The first-order valence-corrected chi connectivity index (χ1v) is 11.3. The highest BCUT2D eigenvalue weighted by Gasteiger charge is 2.32. The van der Waals surface area contributed by atoms with Gasteiger partial charge >= 0.3 is 6.18 Å². The number of non-ortho nitro benzene ring substituents is 1. The van der Waals surface area contributed by atoms with E-state index in [9.17, 15) is 28.1 Å². The molecule has 4 aromatic carbocycles. The number of benzene rings is 4. The Morgan fingerprint density at radius 3 is 2.32 bits per heavy atom. The zero-order valence-corrected chi connectivity index (χ0v) is 19.7. The summed E-state index contributed by atoms with van der Waals surface area (Å²) in [5.41, 5.74) is -0.198. The number of carbonyl (C=O) groups is 1. The van der Waals surface area contributed by atoms with E-state index in [1.165, 1.54) is 0 Å². The first-order valence-electron chi connectivity index (χ1n) is 10.9. The first kappa shape index (κ1) is 25.7. The lowest BCUT2D eigenvalue weighted by molar-refractivity contribution is -0.384. The molecule has 0 fully saturated rings. The molecular formula is C27H18ClF3N2O4. The highest BCUT2D eigenvalue weighted by atomic mass is 35.5. The molecule has 37 heavy (non-hydrogen) atoms. The molecular weight excluding hydrogens is 509 g/mol. The summed E-state index contributed by atoms with van der Waals surface area (Å²) in [6, 6.07) is 22.5. The van der Waals surface area contributed by atoms with Crippen LogP contribution in [0, 0.1) is 10.1 Å². The van der Waals surface area contributed by atoms with Gasteiger partial charge in [0.05, 0.1) is 26.8 Å². The fraction of sp³-hybridized carbons (Fsp3) is 0.0741. The van der Waals surface area contributed by atoms with Crippen LogP contribution in [0.4, 0.5) is 24.5 Å². The molecule has 0 aromatic heterocycles. The van der Waals surface area contributed by atoms with Crippen LogP contribution in [0.3, 0.4) is 0 Å². The number of alkyl halides is 3. The van der Waals surface area contributed by atoms with E-state index in [0.717, 1.165) is 47.5 Å². The number of nitro groups is 1. The molecule has 188 valence electrons. The fourth-order valence-electron chi connectivity index (χ4n) is 3.57. The number of nitrogens with one attached hydrogen (secondary N) is 1.